The lowest BCUT2D eigenvalue weighted by Crippen LogP contribution is -1.94. The molecule has 1 aromatic heterocycles. The van der Waals surface area contributed by atoms with Gasteiger partial charge in [0, 0.05) is 0 Å². The van der Waals surface area contributed by atoms with E-state index in [2.05, 4.69) is 11.9 Å². The number of thiazole rings is 1. The summed E-state index contributed by atoms with van der Waals surface area (Å²) < 4.78 is 5.54. The highest BCUT2D eigenvalue weighted by Crippen LogP contribution is 2.28. The first-order valence-corrected chi connectivity index (χ1v) is 6.18. The Hall–Kier alpha value is -0.570. The van der Waals surface area contributed by atoms with Crippen LogP contribution in [0, 0.1) is 6.92 Å². The molecule has 1 rings (SSSR count). The summed E-state index contributed by atoms with van der Waals surface area (Å²) in [4.78, 5) is 4.49. The molecule has 0 saturated carbocycles. The maximum atomic E-state index is 5.54. The predicted molar refractivity (Wildman–Crippen MR) is 61.2 cm³/mol. The Bertz CT molecular complexity index is 270. The quantitative estimate of drug-likeness (QED) is 0.674. The van der Waals surface area contributed by atoms with Gasteiger partial charge in [0.25, 0.3) is 0 Å². The van der Waals surface area contributed by atoms with Gasteiger partial charge in [-0.1, -0.05) is 31.1 Å². The normalized spacial score (nSPS) is 10.5. The molecule has 0 radical (unpaired) electrons. The molecule has 0 unspecified atom stereocenters. The van der Waals surface area contributed by atoms with Crippen LogP contribution in [0.1, 0.15) is 43.8 Å². The maximum Gasteiger partial charge on any atom is 0.197 e. The zero-order valence-electron chi connectivity index (χ0n) is 9.30. The van der Waals surface area contributed by atoms with Crippen molar-refractivity contribution in [3.63, 3.8) is 0 Å². The molecule has 0 aliphatic carbocycles. The van der Waals surface area contributed by atoms with E-state index < -0.39 is 0 Å². The van der Waals surface area contributed by atoms with Crippen LogP contribution in [0.4, 0.5) is 0 Å². The molecule has 1 aromatic rings. The molecule has 14 heavy (non-hydrogen) atoms. The molecule has 0 aromatic carbocycles. The number of ether oxygens (including phenoxy) is 1. The van der Waals surface area contributed by atoms with Crippen LogP contribution in [0.15, 0.2) is 0 Å². The summed E-state index contributed by atoms with van der Waals surface area (Å²) >= 11 is 1.66. The minimum Gasteiger partial charge on any atom is -0.483 e. The fourth-order valence-electron chi connectivity index (χ4n) is 1.40. The highest BCUT2D eigenvalue weighted by Gasteiger charge is 2.08. The molecule has 3 heteroatoms. The molecule has 0 aliphatic heterocycles. The molecule has 0 N–H and O–H groups in total. The van der Waals surface area contributed by atoms with Gasteiger partial charge in [0.1, 0.15) is 0 Å². The number of hydrogen-bond acceptors (Lipinski definition) is 3. The second-order valence-corrected chi connectivity index (χ2v) is 4.52. The zero-order chi connectivity index (χ0) is 10.4. The fraction of sp³-hybridized carbons (Fsp3) is 0.727. The third-order valence-electron chi connectivity index (χ3n) is 2.06. The van der Waals surface area contributed by atoms with E-state index in [1.807, 2.05) is 13.8 Å². The Morgan fingerprint density at radius 1 is 1.29 bits per heavy atom. The first-order chi connectivity index (χ1) is 6.77. The highest BCUT2D eigenvalue weighted by atomic mass is 32.1. The average molecular weight is 213 g/mol. The average Bonchev–Trinajstić information content (AvgIpc) is 2.48. The summed E-state index contributed by atoms with van der Waals surface area (Å²) in [5.74, 6) is 0. The first kappa shape index (κ1) is 11.5. The van der Waals surface area contributed by atoms with Crippen LogP contribution >= 0.6 is 11.3 Å². The van der Waals surface area contributed by atoms with Crippen molar-refractivity contribution in [1.82, 2.24) is 4.98 Å². The van der Waals surface area contributed by atoms with Crippen molar-refractivity contribution < 1.29 is 4.74 Å². The lowest BCUT2D eigenvalue weighted by Gasteiger charge is -2.01. The Kier molecular flexibility index (Phi) is 4.94. The Morgan fingerprint density at radius 2 is 2.07 bits per heavy atom. The summed E-state index contributed by atoms with van der Waals surface area (Å²) in [7, 11) is 0. The summed E-state index contributed by atoms with van der Waals surface area (Å²) in [5.41, 5.74) is 1.16. The van der Waals surface area contributed by atoms with Crippen LogP contribution in [0.5, 0.6) is 5.06 Å². The van der Waals surface area contributed by atoms with E-state index in [0.717, 1.165) is 28.8 Å². The molecule has 0 amide bonds. The number of unbranched alkanes of at least 4 members (excludes halogenated alkanes) is 2. The molecule has 80 valence electrons. The molecule has 2 nitrogen and oxygen atoms in total. The molecule has 0 spiro atoms. The molecule has 0 atom stereocenters. The van der Waals surface area contributed by atoms with Crippen LogP contribution in [0.2, 0.25) is 0 Å². The van der Waals surface area contributed by atoms with E-state index in [1.54, 1.807) is 11.3 Å². The maximum absolute atomic E-state index is 5.54. The van der Waals surface area contributed by atoms with E-state index in [1.165, 1.54) is 19.3 Å². The van der Waals surface area contributed by atoms with E-state index in [4.69, 9.17) is 4.74 Å². The van der Waals surface area contributed by atoms with Gasteiger partial charge in [-0.05, 0) is 26.7 Å². The minimum atomic E-state index is 0.739. The Morgan fingerprint density at radius 3 is 2.71 bits per heavy atom. The molecule has 0 bridgehead atoms. The molecule has 1 heterocycles. The zero-order valence-corrected chi connectivity index (χ0v) is 10.1. The smallest absolute Gasteiger partial charge is 0.197 e. The van der Waals surface area contributed by atoms with Gasteiger partial charge in [0.2, 0.25) is 0 Å². The van der Waals surface area contributed by atoms with Crippen LogP contribution < -0.4 is 4.74 Å². The van der Waals surface area contributed by atoms with Crippen molar-refractivity contribution in [2.75, 3.05) is 6.61 Å². The Labute approximate surface area is 90.3 Å². The molecule has 0 saturated heterocycles. The summed E-state index contributed by atoms with van der Waals surface area (Å²) in [6, 6.07) is 0. The van der Waals surface area contributed by atoms with Crippen LogP contribution in [-0.4, -0.2) is 11.6 Å². The molecular formula is C11H19NOS. The van der Waals surface area contributed by atoms with Gasteiger partial charge in [-0.3, -0.25) is 0 Å². The number of aromatic nitrogens is 1. The SMILES string of the molecule is CCCCCc1nc(C)sc1OCC. The van der Waals surface area contributed by atoms with Gasteiger partial charge in [0.15, 0.2) is 5.06 Å². The number of rotatable bonds is 6. The highest BCUT2D eigenvalue weighted by molar-refractivity contribution is 7.13. The third-order valence-corrected chi connectivity index (χ3v) is 2.99. The number of hydrogen-bond donors (Lipinski definition) is 0. The van der Waals surface area contributed by atoms with E-state index in [9.17, 15) is 0 Å². The van der Waals surface area contributed by atoms with E-state index in [-0.39, 0.29) is 0 Å². The number of aryl methyl sites for hydroxylation is 2. The van der Waals surface area contributed by atoms with Crippen molar-refractivity contribution >= 4 is 11.3 Å². The standard InChI is InChI=1S/C11H19NOS/c1-4-6-7-8-10-11(13-5-2)14-9(3)12-10/h4-8H2,1-3H3. The van der Waals surface area contributed by atoms with Crippen molar-refractivity contribution in [2.45, 2.75) is 46.5 Å². The second-order valence-electron chi connectivity index (χ2n) is 3.36. The fourth-order valence-corrected chi connectivity index (χ4v) is 2.26. The van der Waals surface area contributed by atoms with Gasteiger partial charge < -0.3 is 4.74 Å². The van der Waals surface area contributed by atoms with Gasteiger partial charge >= 0.3 is 0 Å². The predicted octanol–water partition coefficient (Wildman–Crippen LogP) is 3.58. The van der Waals surface area contributed by atoms with Gasteiger partial charge in [-0.15, -0.1) is 0 Å². The largest absolute Gasteiger partial charge is 0.483 e. The Balaban J connectivity index is 2.54. The monoisotopic (exact) mass is 213 g/mol. The molecule has 0 aliphatic rings. The van der Waals surface area contributed by atoms with Gasteiger partial charge in [-0.2, -0.15) is 0 Å². The molecular weight excluding hydrogens is 194 g/mol. The van der Waals surface area contributed by atoms with Crippen LogP contribution in [0.3, 0.4) is 0 Å². The third kappa shape index (κ3) is 3.29. The topological polar surface area (TPSA) is 22.1 Å². The van der Waals surface area contributed by atoms with Crippen molar-refractivity contribution in [3.05, 3.63) is 10.7 Å². The number of nitrogens with zero attached hydrogens (tertiary/aromatic N) is 1. The van der Waals surface area contributed by atoms with E-state index in [0.29, 0.717) is 0 Å². The lowest BCUT2D eigenvalue weighted by molar-refractivity contribution is 0.345. The lowest BCUT2D eigenvalue weighted by atomic mass is 10.2. The van der Waals surface area contributed by atoms with E-state index >= 15 is 0 Å². The van der Waals surface area contributed by atoms with Gasteiger partial charge in [-0.25, -0.2) is 4.98 Å². The van der Waals surface area contributed by atoms with Crippen LogP contribution in [-0.2, 0) is 6.42 Å². The minimum absolute atomic E-state index is 0.739. The van der Waals surface area contributed by atoms with Crippen molar-refractivity contribution in [1.29, 1.82) is 0 Å². The van der Waals surface area contributed by atoms with Crippen LogP contribution in [0.25, 0.3) is 0 Å². The van der Waals surface area contributed by atoms with Crippen molar-refractivity contribution in [3.8, 4) is 5.06 Å². The second kappa shape index (κ2) is 6.02. The summed E-state index contributed by atoms with van der Waals surface area (Å²) in [6.07, 6.45) is 4.82. The van der Waals surface area contributed by atoms with Gasteiger partial charge in [0.05, 0.1) is 17.3 Å². The summed E-state index contributed by atoms with van der Waals surface area (Å²) in [5, 5.41) is 2.14. The first-order valence-electron chi connectivity index (χ1n) is 5.37. The molecule has 0 fully saturated rings. The summed E-state index contributed by atoms with van der Waals surface area (Å²) in [6.45, 7) is 7.01. The van der Waals surface area contributed by atoms with Crippen molar-refractivity contribution in [2.24, 2.45) is 0 Å².